The zero-order valence-electron chi connectivity index (χ0n) is 10.2. The van der Waals surface area contributed by atoms with Gasteiger partial charge in [-0.1, -0.05) is 35.9 Å². The Hall–Kier alpha value is -1.67. The molecule has 0 saturated carbocycles. The van der Waals surface area contributed by atoms with Gasteiger partial charge in [0.05, 0.1) is 6.10 Å². The molecule has 1 aliphatic rings. The molecule has 2 aromatic carbocycles. The molecule has 2 atom stereocenters. The highest BCUT2D eigenvalue weighted by Crippen LogP contribution is 2.44. The summed E-state index contributed by atoms with van der Waals surface area (Å²) in [5.41, 5.74) is 4.44. The minimum atomic E-state index is -0.407. The maximum Gasteiger partial charge on any atom is 0.123 e. The summed E-state index contributed by atoms with van der Waals surface area (Å²) in [5, 5.41) is 10.1. The molecule has 1 N–H and O–H groups in total. The molecular weight excluding hydrogens is 227 g/mol. The van der Waals surface area contributed by atoms with Crippen LogP contribution in [0.2, 0.25) is 0 Å². The fourth-order valence-electron chi connectivity index (χ4n) is 2.79. The first-order chi connectivity index (χ1) is 8.65. The first-order valence-corrected chi connectivity index (χ1v) is 6.19. The maximum absolute atomic E-state index is 13.0. The smallest absolute Gasteiger partial charge is 0.123 e. The van der Waals surface area contributed by atoms with Crippen LogP contribution in [-0.2, 0) is 0 Å². The topological polar surface area (TPSA) is 20.2 Å². The zero-order chi connectivity index (χ0) is 12.7. The number of aryl methyl sites for hydroxylation is 1. The van der Waals surface area contributed by atoms with Crippen LogP contribution < -0.4 is 0 Å². The monoisotopic (exact) mass is 242 g/mol. The van der Waals surface area contributed by atoms with Crippen molar-refractivity contribution in [3.8, 4) is 0 Å². The summed E-state index contributed by atoms with van der Waals surface area (Å²) in [7, 11) is 0. The molecule has 3 rings (SSSR count). The highest BCUT2D eigenvalue weighted by molar-refractivity contribution is 5.45. The molecule has 2 heteroatoms. The highest BCUT2D eigenvalue weighted by atomic mass is 19.1. The Morgan fingerprint density at radius 1 is 1.06 bits per heavy atom. The van der Waals surface area contributed by atoms with Gasteiger partial charge < -0.3 is 5.11 Å². The lowest BCUT2D eigenvalue weighted by Gasteiger charge is -2.12. The molecule has 92 valence electrons. The normalized spacial score (nSPS) is 21.9. The number of rotatable bonds is 1. The van der Waals surface area contributed by atoms with E-state index in [2.05, 4.69) is 6.07 Å². The van der Waals surface area contributed by atoms with Gasteiger partial charge in [-0.25, -0.2) is 4.39 Å². The van der Waals surface area contributed by atoms with E-state index in [4.69, 9.17) is 0 Å². The molecule has 0 aromatic heterocycles. The Morgan fingerprint density at radius 3 is 2.50 bits per heavy atom. The summed E-state index contributed by atoms with van der Waals surface area (Å²) in [4.78, 5) is 0. The number of halogens is 1. The van der Waals surface area contributed by atoms with Crippen molar-refractivity contribution in [2.45, 2.75) is 25.4 Å². The van der Waals surface area contributed by atoms with Crippen LogP contribution in [0.1, 0.15) is 40.7 Å². The predicted molar refractivity (Wildman–Crippen MR) is 69.0 cm³/mol. The van der Waals surface area contributed by atoms with Crippen LogP contribution in [0.15, 0.2) is 42.5 Å². The summed E-state index contributed by atoms with van der Waals surface area (Å²) in [6.45, 7) is 2.05. The van der Waals surface area contributed by atoms with Gasteiger partial charge >= 0.3 is 0 Å². The average molecular weight is 242 g/mol. The van der Waals surface area contributed by atoms with Crippen LogP contribution >= 0.6 is 0 Å². The summed E-state index contributed by atoms with van der Waals surface area (Å²) < 4.78 is 13.0. The van der Waals surface area contributed by atoms with Gasteiger partial charge in [0, 0.05) is 5.92 Å². The van der Waals surface area contributed by atoms with Gasteiger partial charge in [0.2, 0.25) is 0 Å². The van der Waals surface area contributed by atoms with Gasteiger partial charge in [-0.15, -0.1) is 0 Å². The number of aliphatic hydroxyl groups is 1. The number of aliphatic hydroxyl groups excluding tert-OH is 1. The molecule has 0 spiro atoms. The molecule has 0 saturated heterocycles. The Balaban J connectivity index is 2.06. The van der Waals surface area contributed by atoms with Gasteiger partial charge in [-0.05, 0) is 42.2 Å². The van der Waals surface area contributed by atoms with Crippen LogP contribution in [0.3, 0.4) is 0 Å². The van der Waals surface area contributed by atoms with Gasteiger partial charge in [-0.2, -0.15) is 0 Å². The van der Waals surface area contributed by atoms with Crippen molar-refractivity contribution in [2.24, 2.45) is 0 Å². The van der Waals surface area contributed by atoms with E-state index in [9.17, 15) is 9.50 Å². The predicted octanol–water partition coefficient (Wildman–Crippen LogP) is 3.70. The van der Waals surface area contributed by atoms with Crippen molar-refractivity contribution in [2.75, 3.05) is 0 Å². The first kappa shape index (κ1) is 11.4. The summed E-state index contributed by atoms with van der Waals surface area (Å²) in [6, 6.07) is 12.7. The minimum absolute atomic E-state index is 0.176. The third-order valence-corrected chi connectivity index (χ3v) is 3.71. The molecule has 1 nitrogen and oxygen atoms in total. The van der Waals surface area contributed by atoms with E-state index < -0.39 is 6.10 Å². The number of hydrogen-bond acceptors (Lipinski definition) is 1. The van der Waals surface area contributed by atoms with Gasteiger partial charge in [0.25, 0.3) is 0 Å². The van der Waals surface area contributed by atoms with Crippen LogP contribution in [0.4, 0.5) is 4.39 Å². The van der Waals surface area contributed by atoms with Crippen molar-refractivity contribution in [3.63, 3.8) is 0 Å². The first-order valence-electron chi connectivity index (χ1n) is 6.19. The lowest BCUT2D eigenvalue weighted by Crippen LogP contribution is -1.97. The van der Waals surface area contributed by atoms with Crippen molar-refractivity contribution < 1.29 is 9.50 Å². The standard InChI is InChI=1S/C16H15FO/c1-10-2-7-13-15(8-10)14(9-16(13)18)11-3-5-12(17)6-4-11/h2-8,14,16,18H,9H2,1H3/t14-,16-/m1/s1. The third kappa shape index (κ3) is 1.83. The second-order valence-electron chi connectivity index (χ2n) is 4.99. The molecule has 0 aliphatic heterocycles. The Labute approximate surface area is 106 Å². The van der Waals surface area contributed by atoms with Gasteiger partial charge in [0.15, 0.2) is 0 Å². The molecule has 0 radical (unpaired) electrons. The lowest BCUT2D eigenvalue weighted by atomic mass is 9.92. The van der Waals surface area contributed by atoms with Gasteiger partial charge in [0.1, 0.15) is 5.82 Å². The summed E-state index contributed by atoms with van der Waals surface area (Å²) in [5.74, 6) is -0.0442. The van der Waals surface area contributed by atoms with E-state index in [0.29, 0.717) is 6.42 Å². The van der Waals surface area contributed by atoms with Crippen LogP contribution in [-0.4, -0.2) is 5.11 Å². The molecule has 0 unspecified atom stereocenters. The van der Waals surface area contributed by atoms with E-state index in [1.165, 1.54) is 23.3 Å². The number of benzene rings is 2. The Kier molecular flexibility index (Phi) is 2.67. The Morgan fingerprint density at radius 2 is 1.78 bits per heavy atom. The minimum Gasteiger partial charge on any atom is -0.388 e. The van der Waals surface area contributed by atoms with Crippen LogP contribution in [0.25, 0.3) is 0 Å². The Bertz CT molecular complexity index is 574. The van der Waals surface area contributed by atoms with E-state index in [1.54, 1.807) is 0 Å². The quantitative estimate of drug-likeness (QED) is 0.808. The molecule has 1 aliphatic carbocycles. The highest BCUT2D eigenvalue weighted by Gasteiger charge is 2.30. The molecule has 18 heavy (non-hydrogen) atoms. The second kappa shape index (κ2) is 4.21. The van der Waals surface area contributed by atoms with E-state index in [1.807, 2.05) is 31.2 Å². The van der Waals surface area contributed by atoms with Gasteiger partial charge in [-0.3, -0.25) is 0 Å². The van der Waals surface area contributed by atoms with Crippen LogP contribution in [0, 0.1) is 12.7 Å². The van der Waals surface area contributed by atoms with E-state index in [-0.39, 0.29) is 11.7 Å². The molecular formula is C16H15FO. The number of fused-ring (bicyclic) bond motifs is 1. The summed E-state index contributed by atoms with van der Waals surface area (Å²) in [6.07, 6.45) is 0.278. The van der Waals surface area contributed by atoms with Crippen molar-refractivity contribution >= 4 is 0 Å². The van der Waals surface area contributed by atoms with Crippen molar-refractivity contribution in [1.82, 2.24) is 0 Å². The van der Waals surface area contributed by atoms with Crippen LogP contribution in [0.5, 0.6) is 0 Å². The number of hydrogen-bond donors (Lipinski definition) is 1. The zero-order valence-corrected chi connectivity index (χ0v) is 10.2. The third-order valence-electron chi connectivity index (χ3n) is 3.71. The lowest BCUT2D eigenvalue weighted by molar-refractivity contribution is 0.176. The molecule has 0 amide bonds. The van der Waals surface area contributed by atoms with E-state index >= 15 is 0 Å². The van der Waals surface area contributed by atoms with Crippen molar-refractivity contribution in [3.05, 3.63) is 70.5 Å². The average Bonchev–Trinajstić information content (AvgIpc) is 2.67. The second-order valence-corrected chi connectivity index (χ2v) is 4.99. The van der Waals surface area contributed by atoms with Crippen molar-refractivity contribution in [1.29, 1.82) is 0 Å². The fourth-order valence-corrected chi connectivity index (χ4v) is 2.79. The maximum atomic E-state index is 13.0. The summed E-state index contributed by atoms with van der Waals surface area (Å²) >= 11 is 0. The largest absolute Gasteiger partial charge is 0.388 e. The molecule has 2 aromatic rings. The fraction of sp³-hybridized carbons (Fsp3) is 0.250. The molecule has 0 heterocycles. The molecule has 0 fully saturated rings. The van der Waals surface area contributed by atoms with E-state index in [0.717, 1.165) is 11.1 Å². The SMILES string of the molecule is Cc1ccc2c(c1)[C@@H](c1ccc(F)cc1)C[C@H]2O. The molecule has 0 bridgehead atoms.